The third-order valence-electron chi connectivity index (χ3n) is 3.42. The van der Waals surface area contributed by atoms with Crippen molar-refractivity contribution < 1.29 is 9.26 Å². The van der Waals surface area contributed by atoms with Gasteiger partial charge < -0.3 is 14.6 Å². The van der Waals surface area contributed by atoms with Gasteiger partial charge in [0, 0.05) is 13.2 Å². The van der Waals surface area contributed by atoms with E-state index in [-0.39, 0.29) is 12.0 Å². The summed E-state index contributed by atoms with van der Waals surface area (Å²) >= 11 is 0. The van der Waals surface area contributed by atoms with E-state index in [1.54, 1.807) is 7.11 Å². The Hall–Kier alpha value is -1.72. The Morgan fingerprint density at radius 1 is 1.29 bits per heavy atom. The van der Waals surface area contributed by atoms with Crippen LogP contribution in [-0.4, -0.2) is 23.8 Å². The lowest BCUT2D eigenvalue weighted by Crippen LogP contribution is -2.26. The Balaban J connectivity index is 2.18. The molecule has 2 aromatic rings. The number of methoxy groups -OCH3 is 1. The molecule has 2 atom stereocenters. The lowest BCUT2D eigenvalue weighted by Gasteiger charge is -2.23. The summed E-state index contributed by atoms with van der Waals surface area (Å²) in [6.45, 7) is 5.57. The van der Waals surface area contributed by atoms with Crippen molar-refractivity contribution in [2.45, 2.75) is 38.8 Å². The molecular weight excluding hydrogens is 266 g/mol. The van der Waals surface area contributed by atoms with E-state index in [1.807, 2.05) is 18.2 Å². The van der Waals surface area contributed by atoms with Gasteiger partial charge in [-0.25, -0.2) is 0 Å². The highest BCUT2D eigenvalue weighted by Gasteiger charge is 2.25. The van der Waals surface area contributed by atoms with Crippen LogP contribution in [0.2, 0.25) is 0 Å². The smallest absolute Gasteiger partial charge is 0.231 e. The molecule has 0 saturated heterocycles. The van der Waals surface area contributed by atoms with Gasteiger partial charge in [0.2, 0.25) is 5.89 Å². The molecule has 2 rings (SSSR count). The zero-order valence-electron chi connectivity index (χ0n) is 12.9. The second-order valence-electron chi connectivity index (χ2n) is 5.11. The van der Waals surface area contributed by atoms with Crippen LogP contribution in [0, 0.1) is 0 Å². The molecule has 5 heteroatoms. The highest BCUT2D eigenvalue weighted by atomic mass is 16.5. The first-order valence-electron chi connectivity index (χ1n) is 7.36. The van der Waals surface area contributed by atoms with E-state index in [9.17, 15) is 0 Å². The van der Waals surface area contributed by atoms with E-state index in [0.717, 1.165) is 13.0 Å². The first kappa shape index (κ1) is 15.7. The van der Waals surface area contributed by atoms with Crippen molar-refractivity contribution in [3.63, 3.8) is 0 Å². The number of hydrogen-bond donors (Lipinski definition) is 1. The average molecular weight is 289 g/mol. The first-order valence-corrected chi connectivity index (χ1v) is 7.36. The number of hydrogen-bond acceptors (Lipinski definition) is 5. The van der Waals surface area contributed by atoms with Crippen molar-refractivity contribution in [2.75, 3.05) is 13.7 Å². The Labute approximate surface area is 125 Å². The van der Waals surface area contributed by atoms with Crippen molar-refractivity contribution in [3.05, 3.63) is 47.6 Å². The van der Waals surface area contributed by atoms with Gasteiger partial charge in [0.05, 0.1) is 5.92 Å². The lowest BCUT2D eigenvalue weighted by atomic mass is 9.94. The van der Waals surface area contributed by atoms with Gasteiger partial charge in [-0.1, -0.05) is 49.3 Å². The summed E-state index contributed by atoms with van der Waals surface area (Å²) in [5, 5.41) is 7.51. The van der Waals surface area contributed by atoms with Crippen LogP contribution in [-0.2, 0) is 11.3 Å². The Morgan fingerprint density at radius 2 is 2.05 bits per heavy atom. The number of nitrogens with zero attached hydrogens (tertiary/aromatic N) is 2. The van der Waals surface area contributed by atoms with Gasteiger partial charge in [-0.3, -0.25) is 0 Å². The monoisotopic (exact) mass is 289 g/mol. The number of rotatable bonds is 8. The maximum Gasteiger partial charge on any atom is 0.231 e. The highest BCUT2D eigenvalue weighted by molar-refractivity contribution is 5.22. The summed E-state index contributed by atoms with van der Waals surface area (Å²) in [5.74, 6) is 1.32. The van der Waals surface area contributed by atoms with Crippen LogP contribution in [0.3, 0.4) is 0 Å². The van der Waals surface area contributed by atoms with E-state index < -0.39 is 0 Å². The Morgan fingerprint density at radius 3 is 2.71 bits per heavy atom. The normalized spacial score (nSPS) is 14.0. The molecule has 0 spiro atoms. The maximum atomic E-state index is 5.38. The van der Waals surface area contributed by atoms with E-state index in [2.05, 4.69) is 41.4 Å². The standard InChI is InChI=1S/C16H23N3O2/c1-4-10-17-15(13-8-6-5-7-9-13)12(2)16-18-14(11-20-3)19-21-16/h5-9,12,15,17H,4,10-11H2,1-3H3. The molecular formula is C16H23N3O2. The molecule has 0 bridgehead atoms. The van der Waals surface area contributed by atoms with Gasteiger partial charge >= 0.3 is 0 Å². The molecule has 0 aliphatic heterocycles. The van der Waals surface area contributed by atoms with Crippen molar-refractivity contribution in [3.8, 4) is 0 Å². The van der Waals surface area contributed by atoms with Gasteiger partial charge in [0.1, 0.15) is 6.61 Å². The van der Waals surface area contributed by atoms with Gasteiger partial charge in [0.15, 0.2) is 5.82 Å². The quantitative estimate of drug-likeness (QED) is 0.809. The summed E-state index contributed by atoms with van der Waals surface area (Å²) < 4.78 is 10.4. The van der Waals surface area contributed by atoms with Crippen LogP contribution in [0.15, 0.2) is 34.9 Å². The first-order chi connectivity index (χ1) is 10.3. The third kappa shape index (κ3) is 4.12. The van der Waals surface area contributed by atoms with Crippen LogP contribution < -0.4 is 5.32 Å². The molecule has 1 aromatic heterocycles. The zero-order valence-corrected chi connectivity index (χ0v) is 12.9. The minimum absolute atomic E-state index is 0.0945. The SMILES string of the molecule is CCCNC(c1ccccc1)C(C)c1nc(COC)no1. The molecule has 0 aliphatic rings. The molecule has 1 heterocycles. The highest BCUT2D eigenvalue weighted by Crippen LogP contribution is 2.29. The van der Waals surface area contributed by atoms with Crippen molar-refractivity contribution in [1.82, 2.24) is 15.5 Å². The van der Waals surface area contributed by atoms with Crippen LogP contribution in [0.25, 0.3) is 0 Å². The summed E-state index contributed by atoms with van der Waals surface area (Å²) in [6.07, 6.45) is 1.08. The topological polar surface area (TPSA) is 60.2 Å². The number of nitrogens with one attached hydrogen (secondary N) is 1. The maximum absolute atomic E-state index is 5.38. The van der Waals surface area contributed by atoms with E-state index >= 15 is 0 Å². The Kier molecular flexibility index (Phi) is 5.90. The minimum Gasteiger partial charge on any atom is -0.377 e. The van der Waals surface area contributed by atoms with E-state index in [4.69, 9.17) is 9.26 Å². The fourth-order valence-electron chi connectivity index (χ4n) is 2.33. The van der Waals surface area contributed by atoms with Gasteiger partial charge in [-0.15, -0.1) is 0 Å². The second-order valence-corrected chi connectivity index (χ2v) is 5.11. The van der Waals surface area contributed by atoms with Crippen molar-refractivity contribution in [1.29, 1.82) is 0 Å². The molecule has 2 unspecified atom stereocenters. The largest absolute Gasteiger partial charge is 0.377 e. The summed E-state index contributed by atoms with van der Waals surface area (Å²) in [4.78, 5) is 4.41. The zero-order chi connectivity index (χ0) is 15.1. The summed E-state index contributed by atoms with van der Waals surface area (Å²) in [6, 6.07) is 10.5. The van der Waals surface area contributed by atoms with Gasteiger partial charge in [-0.05, 0) is 18.5 Å². The minimum atomic E-state index is 0.0945. The fraction of sp³-hybridized carbons (Fsp3) is 0.500. The van der Waals surface area contributed by atoms with Crippen LogP contribution in [0.4, 0.5) is 0 Å². The predicted molar refractivity (Wildman–Crippen MR) is 80.9 cm³/mol. The third-order valence-corrected chi connectivity index (χ3v) is 3.42. The van der Waals surface area contributed by atoms with Gasteiger partial charge in [0.25, 0.3) is 0 Å². The van der Waals surface area contributed by atoms with Gasteiger partial charge in [-0.2, -0.15) is 4.98 Å². The summed E-state index contributed by atoms with van der Waals surface area (Å²) in [7, 11) is 1.62. The fourth-order valence-corrected chi connectivity index (χ4v) is 2.33. The van der Waals surface area contributed by atoms with E-state index in [0.29, 0.717) is 18.3 Å². The van der Waals surface area contributed by atoms with Crippen LogP contribution >= 0.6 is 0 Å². The number of benzene rings is 1. The second kappa shape index (κ2) is 7.90. The molecule has 0 aliphatic carbocycles. The van der Waals surface area contributed by atoms with Crippen LogP contribution in [0.1, 0.15) is 49.5 Å². The van der Waals surface area contributed by atoms with Crippen molar-refractivity contribution in [2.24, 2.45) is 0 Å². The van der Waals surface area contributed by atoms with Crippen molar-refractivity contribution >= 4 is 0 Å². The molecule has 1 N–H and O–H groups in total. The molecule has 21 heavy (non-hydrogen) atoms. The molecule has 0 amide bonds. The molecule has 1 aromatic carbocycles. The molecule has 0 fully saturated rings. The van der Waals surface area contributed by atoms with Crippen LogP contribution in [0.5, 0.6) is 0 Å². The number of aromatic nitrogens is 2. The van der Waals surface area contributed by atoms with E-state index in [1.165, 1.54) is 5.56 Å². The average Bonchev–Trinajstić information content (AvgIpc) is 2.97. The molecule has 0 radical (unpaired) electrons. The predicted octanol–water partition coefficient (Wildman–Crippen LogP) is 3.06. The molecule has 5 nitrogen and oxygen atoms in total. The number of ether oxygens (including phenoxy) is 1. The molecule has 0 saturated carbocycles. The molecule has 114 valence electrons. The summed E-state index contributed by atoms with van der Waals surface area (Å²) in [5.41, 5.74) is 1.23. The lowest BCUT2D eigenvalue weighted by molar-refractivity contribution is 0.174. The Bertz CT molecular complexity index is 527.